The zero-order valence-electron chi connectivity index (χ0n) is 14.0. The number of para-hydroxylation sites is 1. The largest absolute Gasteiger partial charge is 0.326 e. The maximum Gasteiger partial charge on any atom is 0.228 e. The van der Waals surface area contributed by atoms with E-state index in [1.807, 2.05) is 31.2 Å². The Morgan fingerprint density at radius 2 is 1.48 bits per heavy atom. The second kappa shape index (κ2) is 7.63. The van der Waals surface area contributed by atoms with Crippen molar-refractivity contribution in [3.63, 3.8) is 0 Å². The molecular formula is C21H27NO. The highest BCUT2D eigenvalue weighted by atomic mass is 16.2. The molecule has 0 bridgehead atoms. The van der Waals surface area contributed by atoms with Gasteiger partial charge in [0.1, 0.15) is 0 Å². The topological polar surface area (TPSA) is 29.1 Å². The van der Waals surface area contributed by atoms with Crippen molar-refractivity contribution in [2.45, 2.75) is 45.4 Å². The molecule has 0 spiro atoms. The summed E-state index contributed by atoms with van der Waals surface area (Å²) >= 11 is 0. The number of amides is 1. The molecule has 3 atom stereocenters. The molecule has 1 aromatic carbocycles. The van der Waals surface area contributed by atoms with Gasteiger partial charge in [0.2, 0.25) is 5.91 Å². The van der Waals surface area contributed by atoms with E-state index in [0.717, 1.165) is 49.8 Å². The minimum absolute atomic E-state index is 0.206. The van der Waals surface area contributed by atoms with Crippen LogP contribution in [0.3, 0.4) is 0 Å². The maximum absolute atomic E-state index is 12.7. The van der Waals surface area contributed by atoms with Crippen molar-refractivity contribution >= 4 is 11.6 Å². The molecule has 3 rings (SSSR count). The van der Waals surface area contributed by atoms with E-state index in [1.165, 1.54) is 0 Å². The first kappa shape index (κ1) is 16.0. The van der Waals surface area contributed by atoms with Crippen molar-refractivity contribution in [3.8, 4) is 0 Å². The molecule has 0 heterocycles. The average Bonchev–Trinajstić information content (AvgIpc) is 3.22. The van der Waals surface area contributed by atoms with Crippen LogP contribution in [0.25, 0.3) is 0 Å². The van der Waals surface area contributed by atoms with Gasteiger partial charge in [-0.2, -0.15) is 0 Å². The van der Waals surface area contributed by atoms with Gasteiger partial charge in [-0.3, -0.25) is 4.79 Å². The number of carbonyl (C=O) groups excluding carboxylic acids is 1. The van der Waals surface area contributed by atoms with Crippen LogP contribution in [-0.2, 0) is 4.79 Å². The summed E-state index contributed by atoms with van der Waals surface area (Å²) in [4.78, 5) is 12.7. The molecule has 1 saturated carbocycles. The Morgan fingerprint density at radius 3 is 2.09 bits per heavy atom. The molecule has 1 fully saturated rings. The van der Waals surface area contributed by atoms with Gasteiger partial charge in [0, 0.05) is 11.6 Å². The summed E-state index contributed by atoms with van der Waals surface area (Å²) in [5.41, 5.74) is 2.09. The van der Waals surface area contributed by atoms with E-state index in [1.54, 1.807) is 0 Å². The van der Waals surface area contributed by atoms with E-state index < -0.39 is 0 Å². The van der Waals surface area contributed by atoms with E-state index in [0.29, 0.717) is 11.8 Å². The Balaban J connectivity index is 1.63. The SMILES string of the molecule is Cc1ccccc1NC(=O)C1[C@H]2CC/C=C/CC/C=C\CC[C@@H]12. The third-order valence-corrected chi connectivity index (χ3v) is 5.20. The fourth-order valence-electron chi connectivity index (χ4n) is 3.79. The molecule has 23 heavy (non-hydrogen) atoms. The number of allylic oxidation sites excluding steroid dienone is 4. The Morgan fingerprint density at radius 1 is 0.913 bits per heavy atom. The molecule has 2 aliphatic rings. The van der Waals surface area contributed by atoms with Crippen molar-refractivity contribution in [1.29, 1.82) is 0 Å². The summed E-state index contributed by atoms with van der Waals surface area (Å²) in [6.07, 6.45) is 16.0. The van der Waals surface area contributed by atoms with Crippen LogP contribution in [0.15, 0.2) is 48.6 Å². The predicted octanol–water partition coefficient (Wildman–Crippen LogP) is 5.26. The third kappa shape index (κ3) is 4.13. The lowest BCUT2D eigenvalue weighted by Gasteiger charge is -2.08. The van der Waals surface area contributed by atoms with Crippen molar-refractivity contribution in [3.05, 3.63) is 54.1 Å². The quantitative estimate of drug-likeness (QED) is 0.742. The van der Waals surface area contributed by atoms with Crippen LogP contribution in [0.4, 0.5) is 5.69 Å². The monoisotopic (exact) mass is 309 g/mol. The van der Waals surface area contributed by atoms with Gasteiger partial charge in [-0.25, -0.2) is 0 Å². The average molecular weight is 309 g/mol. The van der Waals surface area contributed by atoms with Gasteiger partial charge in [0.05, 0.1) is 0 Å². The second-order valence-corrected chi connectivity index (χ2v) is 6.83. The minimum Gasteiger partial charge on any atom is -0.326 e. The first-order chi connectivity index (χ1) is 11.3. The molecule has 1 amide bonds. The summed E-state index contributed by atoms with van der Waals surface area (Å²) < 4.78 is 0. The summed E-state index contributed by atoms with van der Waals surface area (Å²) in [6, 6.07) is 8.03. The molecule has 1 N–H and O–H groups in total. The van der Waals surface area contributed by atoms with E-state index in [9.17, 15) is 4.79 Å². The third-order valence-electron chi connectivity index (χ3n) is 5.20. The molecule has 1 unspecified atom stereocenters. The van der Waals surface area contributed by atoms with Crippen LogP contribution >= 0.6 is 0 Å². The lowest BCUT2D eigenvalue weighted by Crippen LogP contribution is -2.16. The number of hydrogen-bond acceptors (Lipinski definition) is 1. The Bertz CT molecular complexity index is 578. The normalized spacial score (nSPS) is 30.2. The van der Waals surface area contributed by atoms with Crippen molar-refractivity contribution in [2.75, 3.05) is 5.32 Å². The number of rotatable bonds is 2. The molecule has 0 aliphatic heterocycles. The first-order valence-corrected chi connectivity index (χ1v) is 8.94. The van der Waals surface area contributed by atoms with Crippen molar-refractivity contribution in [2.24, 2.45) is 17.8 Å². The number of carbonyl (C=O) groups is 1. The van der Waals surface area contributed by atoms with Crippen LogP contribution in [0.5, 0.6) is 0 Å². The molecule has 0 radical (unpaired) electrons. The highest BCUT2D eigenvalue weighted by Gasteiger charge is 2.52. The van der Waals surface area contributed by atoms with Crippen LogP contribution in [0, 0.1) is 24.7 Å². The summed E-state index contributed by atoms with van der Waals surface area (Å²) in [5, 5.41) is 3.15. The number of aryl methyl sites for hydroxylation is 1. The van der Waals surface area contributed by atoms with Crippen molar-refractivity contribution < 1.29 is 4.79 Å². The number of benzene rings is 1. The first-order valence-electron chi connectivity index (χ1n) is 8.94. The van der Waals surface area contributed by atoms with Crippen LogP contribution in [0.2, 0.25) is 0 Å². The molecule has 2 nitrogen and oxygen atoms in total. The van der Waals surface area contributed by atoms with Gasteiger partial charge in [-0.05, 0) is 68.9 Å². The van der Waals surface area contributed by atoms with E-state index in [2.05, 4.69) is 29.6 Å². The Hall–Kier alpha value is -1.83. The van der Waals surface area contributed by atoms with Gasteiger partial charge in [0.15, 0.2) is 0 Å². The highest BCUT2D eigenvalue weighted by Crippen LogP contribution is 2.52. The number of fused-ring (bicyclic) bond motifs is 1. The van der Waals surface area contributed by atoms with E-state index in [4.69, 9.17) is 0 Å². The Labute approximate surface area is 139 Å². The molecule has 122 valence electrons. The smallest absolute Gasteiger partial charge is 0.228 e. The lowest BCUT2D eigenvalue weighted by atomic mass is 10.1. The standard InChI is InChI=1S/C21H27NO/c1-16-12-10-11-15-19(16)22-21(23)20-17-13-8-6-4-2-3-5-7-9-14-18(17)20/h4-7,10-12,15,17-18,20H,2-3,8-9,13-14H2,1H3,(H,22,23)/b6-4-,7-5+/t17-,18+,20?/m1/s1. The number of anilines is 1. The summed E-state index contributed by atoms with van der Waals surface area (Å²) in [7, 11) is 0. The van der Waals surface area contributed by atoms with Gasteiger partial charge >= 0.3 is 0 Å². The molecule has 0 aromatic heterocycles. The van der Waals surface area contributed by atoms with Crippen molar-refractivity contribution in [1.82, 2.24) is 0 Å². The predicted molar refractivity (Wildman–Crippen MR) is 96.3 cm³/mol. The van der Waals surface area contributed by atoms with E-state index >= 15 is 0 Å². The molecule has 2 heteroatoms. The van der Waals surface area contributed by atoms with Gasteiger partial charge in [-0.15, -0.1) is 0 Å². The minimum atomic E-state index is 0.206. The maximum atomic E-state index is 12.7. The highest BCUT2D eigenvalue weighted by molar-refractivity contribution is 5.95. The lowest BCUT2D eigenvalue weighted by molar-refractivity contribution is -0.117. The molecule has 0 saturated heterocycles. The Kier molecular flexibility index (Phi) is 5.32. The van der Waals surface area contributed by atoms with Crippen LogP contribution in [0.1, 0.15) is 44.1 Å². The van der Waals surface area contributed by atoms with E-state index in [-0.39, 0.29) is 11.8 Å². The fourth-order valence-corrected chi connectivity index (χ4v) is 3.79. The fraction of sp³-hybridized carbons (Fsp3) is 0.476. The molecule has 1 aromatic rings. The molecular weight excluding hydrogens is 282 g/mol. The van der Waals surface area contributed by atoms with Crippen LogP contribution in [-0.4, -0.2) is 5.91 Å². The zero-order valence-corrected chi connectivity index (χ0v) is 14.0. The second-order valence-electron chi connectivity index (χ2n) is 6.83. The van der Waals surface area contributed by atoms with Gasteiger partial charge in [0.25, 0.3) is 0 Å². The summed E-state index contributed by atoms with van der Waals surface area (Å²) in [5.74, 6) is 1.56. The zero-order chi connectivity index (χ0) is 16.1. The van der Waals surface area contributed by atoms with Gasteiger partial charge in [-0.1, -0.05) is 42.5 Å². The summed E-state index contributed by atoms with van der Waals surface area (Å²) in [6.45, 7) is 2.04. The molecule has 2 aliphatic carbocycles. The van der Waals surface area contributed by atoms with Crippen LogP contribution < -0.4 is 5.32 Å². The number of hydrogen-bond donors (Lipinski definition) is 1. The van der Waals surface area contributed by atoms with Gasteiger partial charge < -0.3 is 5.32 Å². The number of nitrogens with one attached hydrogen (secondary N) is 1.